The van der Waals surface area contributed by atoms with Crippen LogP contribution in [0.5, 0.6) is 11.6 Å². The summed E-state index contributed by atoms with van der Waals surface area (Å²) >= 11 is 0. The monoisotopic (exact) mass is 386 g/mol. The minimum Gasteiger partial charge on any atom is -0.492 e. The molecule has 0 spiro atoms. The molecule has 4 aromatic rings. The Morgan fingerprint density at radius 2 is 1.55 bits per heavy atom. The van der Waals surface area contributed by atoms with Gasteiger partial charge >= 0.3 is 0 Å². The van der Waals surface area contributed by atoms with Gasteiger partial charge in [0.05, 0.1) is 11.9 Å². The van der Waals surface area contributed by atoms with E-state index < -0.39 is 5.82 Å². The second-order valence-corrected chi connectivity index (χ2v) is 6.61. The van der Waals surface area contributed by atoms with Crippen molar-refractivity contribution in [1.29, 1.82) is 0 Å². The molecule has 5 heteroatoms. The third-order valence-corrected chi connectivity index (χ3v) is 4.50. The van der Waals surface area contributed by atoms with Crippen molar-refractivity contribution in [3.63, 3.8) is 0 Å². The van der Waals surface area contributed by atoms with E-state index in [4.69, 9.17) is 4.74 Å². The molecule has 0 fully saturated rings. The molecule has 0 amide bonds. The molecule has 3 aromatic carbocycles. The van der Waals surface area contributed by atoms with Crippen LogP contribution >= 0.6 is 0 Å². The topological polar surface area (TPSA) is 55.2 Å². The van der Waals surface area contributed by atoms with Gasteiger partial charge in [0, 0.05) is 12.0 Å². The third kappa shape index (κ3) is 4.58. The van der Waals surface area contributed by atoms with Crippen LogP contribution in [-0.2, 0) is 13.0 Å². The van der Waals surface area contributed by atoms with E-state index in [1.54, 1.807) is 12.1 Å². The lowest BCUT2D eigenvalue weighted by molar-refractivity contribution is 0.290. The number of hydrogen-bond acceptors (Lipinski definition) is 4. The quantitative estimate of drug-likeness (QED) is 0.497. The average Bonchev–Trinajstić information content (AvgIpc) is 2.76. The first-order valence-electron chi connectivity index (χ1n) is 9.24. The molecule has 1 aromatic heterocycles. The van der Waals surface area contributed by atoms with Crippen LogP contribution in [0.3, 0.4) is 0 Å². The zero-order valence-electron chi connectivity index (χ0n) is 15.6. The Hall–Kier alpha value is -3.73. The van der Waals surface area contributed by atoms with Gasteiger partial charge in [-0.05, 0) is 29.3 Å². The number of halogens is 1. The van der Waals surface area contributed by atoms with Gasteiger partial charge in [0.15, 0.2) is 11.6 Å². The molecule has 1 heterocycles. The van der Waals surface area contributed by atoms with Crippen LogP contribution in [0.25, 0.3) is 11.3 Å². The molecule has 0 aliphatic heterocycles. The first kappa shape index (κ1) is 18.6. The van der Waals surface area contributed by atoms with Crippen molar-refractivity contribution in [2.75, 3.05) is 0 Å². The van der Waals surface area contributed by atoms with Crippen LogP contribution < -0.4 is 4.74 Å². The van der Waals surface area contributed by atoms with Gasteiger partial charge < -0.3 is 9.84 Å². The van der Waals surface area contributed by atoms with E-state index in [0.29, 0.717) is 23.4 Å². The van der Waals surface area contributed by atoms with Crippen molar-refractivity contribution in [3.8, 4) is 22.9 Å². The minimum atomic E-state index is -0.474. The molecular weight excluding hydrogens is 367 g/mol. The molecule has 0 aliphatic carbocycles. The van der Waals surface area contributed by atoms with Crippen LogP contribution in [-0.4, -0.2) is 15.1 Å². The van der Waals surface area contributed by atoms with Crippen molar-refractivity contribution in [3.05, 3.63) is 108 Å². The fraction of sp³-hybridized carbons (Fsp3) is 0.0833. The zero-order chi connectivity index (χ0) is 20.1. The lowest BCUT2D eigenvalue weighted by Crippen LogP contribution is -1.99. The van der Waals surface area contributed by atoms with E-state index in [1.807, 2.05) is 60.7 Å². The molecule has 0 saturated carbocycles. The Morgan fingerprint density at radius 1 is 0.862 bits per heavy atom. The van der Waals surface area contributed by atoms with Gasteiger partial charge in [-0.3, -0.25) is 0 Å². The van der Waals surface area contributed by atoms with Gasteiger partial charge in [0.1, 0.15) is 12.3 Å². The molecule has 0 unspecified atom stereocenters. The predicted octanol–water partition coefficient (Wildman–Crippen LogP) is 5.16. The maximum Gasteiger partial charge on any atom is 0.233 e. The van der Waals surface area contributed by atoms with E-state index in [-0.39, 0.29) is 18.2 Å². The Bertz CT molecular complexity index is 1100. The van der Waals surface area contributed by atoms with E-state index in [1.165, 1.54) is 12.3 Å². The summed E-state index contributed by atoms with van der Waals surface area (Å²) in [6.45, 7) is 0.289. The fourth-order valence-electron chi connectivity index (χ4n) is 2.98. The van der Waals surface area contributed by atoms with Gasteiger partial charge in [0.25, 0.3) is 0 Å². The lowest BCUT2D eigenvalue weighted by atomic mass is 10.1. The first-order valence-corrected chi connectivity index (χ1v) is 9.24. The van der Waals surface area contributed by atoms with Gasteiger partial charge in [-0.15, -0.1) is 0 Å². The molecule has 4 rings (SSSR count). The number of aromatic hydroxyl groups is 1. The Labute approximate surface area is 168 Å². The predicted molar refractivity (Wildman–Crippen MR) is 109 cm³/mol. The number of benzene rings is 3. The highest BCUT2D eigenvalue weighted by Crippen LogP contribution is 2.27. The summed E-state index contributed by atoms with van der Waals surface area (Å²) in [5.74, 6) is -0.423. The van der Waals surface area contributed by atoms with Crippen molar-refractivity contribution < 1.29 is 14.2 Å². The fourth-order valence-corrected chi connectivity index (χ4v) is 2.98. The van der Waals surface area contributed by atoms with E-state index in [2.05, 4.69) is 9.97 Å². The van der Waals surface area contributed by atoms with Gasteiger partial charge in [-0.2, -0.15) is 0 Å². The average molecular weight is 386 g/mol. The molecule has 1 N–H and O–H groups in total. The summed E-state index contributed by atoms with van der Waals surface area (Å²) < 4.78 is 20.1. The van der Waals surface area contributed by atoms with E-state index in [9.17, 15) is 9.50 Å². The van der Waals surface area contributed by atoms with E-state index in [0.717, 1.165) is 11.1 Å². The molecule has 0 bridgehead atoms. The van der Waals surface area contributed by atoms with Crippen LogP contribution in [0.2, 0.25) is 0 Å². The molecular formula is C24H19FN2O2. The van der Waals surface area contributed by atoms with Gasteiger partial charge in [-0.1, -0.05) is 60.7 Å². The highest BCUT2D eigenvalue weighted by Gasteiger charge is 2.12. The molecule has 144 valence electrons. The lowest BCUT2D eigenvalue weighted by Gasteiger charge is -2.10. The maximum atomic E-state index is 14.5. The number of aromatic nitrogens is 2. The molecule has 0 radical (unpaired) electrons. The third-order valence-electron chi connectivity index (χ3n) is 4.50. The Morgan fingerprint density at radius 3 is 2.24 bits per heavy atom. The molecule has 4 nitrogen and oxygen atoms in total. The number of rotatable bonds is 6. The Balaban J connectivity index is 1.54. The van der Waals surface area contributed by atoms with Crippen molar-refractivity contribution in [1.82, 2.24) is 9.97 Å². The maximum absolute atomic E-state index is 14.5. The largest absolute Gasteiger partial charge is 0.492 e. The van der Waals surface area contributed by atoms with E-state index >= 15 is 0 Å². The number of ether oxygens (including phenoxy) is 1. The van der Waals surface area contributed by atoms with Crippen LogP contribution in [0.4, 0.5) is 4.39 Å². The highest BCUT2D eigenvalue weighted by atomic mass is 19.1. The number of hydrogen-bond donors (Lipinski definition) is 1. The Kier molecular flexibility index (Phi) is 5.47. The molecule has 29 heavy (non-hydrogen) atoms. The summed E-state index contributed by atoms with van der Waals surface area (Å²) in [5.41, 5.74) is 3.47. The second kappa shape index (κ2) is 8.52. The summed E-state index contributed by atoms with van der Waals surface area (Å²) in [5, 5.41) is 10.1. The van der Waals surface area contributed by atoms with Crippen LogP contribution in [0.1, 0.15) is 16.8 Å². The smallest absolute Gasteiger partial charge is 0.233 e. The summed E-state index contributed by atoms with van der Waals surface area (Å²) in [4.78, 5) is 8.50. The molecule has 0 atom stereocenters. The minimum absolute atomic E-state index is 0.124. The first-order chi connectivity index (χ1) is 14.2. The van der Waals surface area contributed by atoms with Crippen molar-refractivity contribution in [2.24, 2.45) is 0 Å². The van der Waals surface area contributed by atoms with Crippen LogP contribution in [0, 0.1) is 5.82 Å². The molecule has 0 saturated heterocycles. The summed E-state index contributed by atoms with van der Waals surface area (Å²) in [6.07, 6.45) is 1.87. The number of nitrogens with zero attached hydrogens (tertiary/aromatic N) is 2. The SMILES string of the molecule is Oc1ncc(-c2ccc(OCc3ccccc3)c(F)c2)nc1Cc1ccccc1. The zero-order valence-corrected chi connectivity index (χ0v) is 15.6. The molecule has 0 aliphatic rings. The van der Waals surface area contributed by atoms with Crippen LogP contribution in [0.15, 0.2) is 85.1 Å². The second-order valence-electron chi connectivity index (χ2n) is 6.61. The standard InChI is InChI=1S/C24H19FN2O2/c25-20-14-19(11-12-23(20)29-16-18-9-5-2-6-10-18)22-15-26-24(28)21(27-22)13-17-7-3-1-4-8-17/h1-12,14-15H,13,16H2,(H,26,28). The van der Waals surface area contributed by atoms with Gasteiger partial charge in [-0.25, -0.2) is 14.4 Å². The summed E-state index contributed by atoms with van der Waals surface area (Å²) in [7, 11) is 0. The van der Waals surface area contributed by atoms with Crippen molar-refractivity contribution >= 4 is 0 Å². The van der Waals surface area contributed by atoms with Gasteiger partial charge in [0.2, 0.25) is 5.88 Å². The summed E-state index contributed by atoms with van der Waals surface area (Å²) in [6, 6.07) is 23.9. The normalized spacial score (nSPS) is 10.7. The highest BCUT2D eigenvalue weighted by molar-refractivity contribution is 5.60. The van der Waals surface area contributed by atoms with Crippen molar-refractivity contribution in [2.45, 2.75) is 13.0 Å².